The quantitative estimate of drug-likeness (QED) is 0.476. The minimum atomic E-state index is -0.349. The van der Waals surface area contributed by atoms with Crippen LogP contribution in [0.15, 0.2) is 40.8 Å². The second kappa shape index (κ2) is 15.4. The van der Waals surface area contributed by atoms with Crippen molar-refractivity contribution < 1.29 is 23.9 Å². The number of hydrogen-bond donors (Lipinski definition) is 1. The molecule has 0 bridgehead atoms. The zero-order chi connectivity index (χ0) is 25.5. The fourth-order valence-corrected chi connectivity index (χ4v) is 2.88. The highest BCUT2D eigenvalue weighted by atomic mass is 35.5. The Morgan fingerprint density at radius 2 is 1.79 bits per heavy atom. The van der Waals surface area contributed by atoms with Crippen molar-refractivity contribution in [1.82, 2.24) is 25.1 Å². The van der Waals surface area contributed by atoms with Crippen molar-refractivity contribution in [2.24, 2.45) is 4.99 Å². The molecule has 0 aromatic carbocycles. The predicted molar refractivity (Wildman–Crippen MR) is 129 cm³/mol. The summed E-state index contributed by atoms with van der Waals surface area (Å²) in [6.45, 7) is 11.0. The molecule has 0 aliphatic carbocycles. The van der Waals surface area contributed by atoms with E-state index in [2.05, 4.69) is 31.7 Å². The van der Waals surface area contributed by atoms with Crippen LogP contribution in [0.1, 0.15) is 30.0 Å². The van der Waals surface area contributed by atoms with Crippen LogP contribution < -0.4 is 5.32 Å². The van der Waals surface area contributed by atoms with Crippen molar-refractivity contribution in [2.45, 2.75) is 26.8 Å². The predicted octanol–water partition coefficient (Wildman–Crippen LogP) is 2.77. The third kappa shape index (κ3) is 9.99. The number of ether oxygens (including phenoxy) is 2. The molecular formula is C22H31ClN6O5. The Labute approximate surface area is 204 Å². The first-order valence-electron chi connectivity index (χ1n) is 10.6. The second-order valence-electron chi connectivity index (χ2n) is 6.95. The molecule has 12 heteroatoms. The molecule has 1 unspecified atom stereocenters. The van der Waals surface area contributed by atoms with Gasteiger partial charge in [-0.15, -0.1) is 0 Å². The molecule has 1 atom stereocenters. The van der Waals surface area contributed by atoms with Gasteiger partial charge in [0.15, 0.2) is 0 Å². The Hall–Kier alpha value is -3.47. The summed E-state index contributed by atoms with van der Waals surface area (Å²) in [5, 5.41) is 3.21. The van der Waals surface area contributed by atoms with Gasteiger partial charge in [0.1, 0.15) is 5.69 Å². The van der Waals surface area contributed by atoms with E-state index in [1.54, 1.807) is 42.0 Å². The topological polar surface area (TPSA) is 126 Å². The van der Waals surface area contributed by atoms with Crippen molar-refractivity contribution in [3.63, 3.8) is 0 Å². The summed E-state index contributed by atoms with van der Waals surface area (Å²) in [5.41, 5.74) is 0.905. The third-order valence-corrected chi connectivity index (χ3v) is 4.68. The highest BCUT2D eigenvalue weighted by molar-refractivity contribution is 6.31. The Morgan fingerprint density at radius 3 is 2.32 bits per heavy atom. The van der Waals surface area contributed by atoms with E-state index in [4.69, 9.17) is 16.3 Å². The molecule has 2 heterocycles. The number of allylic oxidation sites excluding steroid dienone is 2. The number of carbonyl (C=O) groups excluding carboxylic acids is 3. The van der Waals surface area contributed by atoms with E-state index < -0.39 is 0 Å². The van der Waals surface area contributed by atoms with E-state index in [1.165, 1.54) is 19.5 Å². The number of methoxy groups -OCH3 is 1. The molecule has 1 aliphatic rings. The van der Waals surface area contributed by atoms with E-state index in [-0.39, 0.29) is 24.1 Å². The first-order chi connectivity index (χ1) is 16.2. The average molecular weight is 495 g/mol. The van der Waals surface area contributed by atoms with Crippen LogP contribution in [0, 0.1) is 6.92 Å². The van der Waals surface area contributed by atoms with Crippen LogP contribution in [0.4, 0.5) is 9.59 Å². The van der Waals surface area contributed by atoms with Crippen molar-refractivity contribution in [2.75, 3.05) is 39.9 Å². The number of aromatic nitrogens is 2. The number of hydrogen-bond acceptors (Lipinski definition) is 8. The SMILES string of the molecule is C=N/C=C(Cl)\C=C/C(C)NC(=O)c1nccnc1C.CCOC(=O)N1CCN(C(=O)OC)CC1. The fourth-order valence-electron chi connectivity index (χ4n) is 2.74. The number of amides is 3. The summed E-state index contributed by atoms with van der Waals surface area (Å²) >= 11 is 5.81. The van der Waals surface area contributed by atoms with Gasteiger partial charge in [-0.3, -0.25) is 14.8 Å². The first-order valence-corrected chi connectivity index (χ1v) is 10.9. The fraction of sp³-hybridized carbons (Fsp3) is 0.455. The summed E-state index contributed by atoms with van der Waals surface area (Å²) in [6.07, 6.45) is 7.16. The zero-order valence-corrected chi connectivity index (χ0v) is 20.6. The highest BCUT2D eigenvalue weighted by Gasteiger charge is 2.24. The van der Waals surface area contributed by atoms with Gasteiger partial charge in [0, 0.05) is 50.8 Å². The maximum atomic E-state index is 11.9. The number of piperazine rings is 1. The van der Waals surface area contributed by atoms with E-state index >= 15 is 0 Å². The zero-order valence-electron chi connectivity index (χ0n) is 19.9. The van der Waals surface area contributed by atoms with Crippen LogP contribution in [0.5, 0.6) is 0 Å². The number of halogens is 1. The minimum Gasteiger partial charge on any atom is -0.453 e. The number of nitrogens with one attached hydrogen (secondary N) is 1. The Kier molecular flexibility index (Phi) is 12.9. The molecule has 186 valence electrons. The molecule has 1 aromatic heterocycles. The van der Waals surface area contributed by atoms with E-state index in [0.717, 1.165) is 0 Å². The molecule has 1 saturated heterocycles. The van der Waals surface area contributed by atoms with Crippen LogP contribution in [0.25, 0.3) is 0 Å². The molecule has 1 fully saturated rings. The number of aryl methyl sites for hydroxylation is 1. The smallest absolute Gasteiger partial charge is 0.409 e. The number of aliphatic imine (C=N–C) groups is 1. The monoisotopic (exact) mass is 494 g/mol. The normalized spacial score (nSPS) is 14.6. The lowest BCUT2D eigenvalue weighted by Gasteiger charge is -2.32. The largest absolute Gasteiger partial charge is 0.453 e. The van der Waals surface area contributed by atoms with Gasteiger partial charge in [0.25, 0.3) is 5.91 Å². The van der Waals surface area contributed by atoms with Gasteiger partial charge >= 0.3 is 12.2 Å². The van der Waals surface area contributed by atoms with Crippen LogP contribution in [0.2, 0.25) is 0 Å². The molecule has 1 N–H and O–H groups in total. The molecule has 0 saturated carbocycles. The molecule has 1 aromatic rings. The van der Waals surface area contributed by atoms with Crippen molar-refractivity contribution in [3.8, 4) is 0 Å². The van der Waals surface area contributed by atoms with Gasteiger partial charge in [0.2, 0.25) is 0 Å². The van der Waals surface area contributed by atoms with Gasteiger partial charge in [-0.25, -0.2) is 14.6 Å². The van der Waals surface area contributed by atoms with Crippen LogP contribution in [-0.2, 0) is 9.47 Å². The Balaban J connectivity index is 0.000000350. The van der Waals surface area contributed by atoms with E-state index in [0.29, 0.717) is 49.2 Å². The van der Waals surface area contributed by atoms with Crippen LogP contribution in [-0.4, -0.2) is 90.5 Å². The van der Waals surface area contributed by atoms with Gasteiger partial charge < -0.3 is 24.6 Å². The lowest BCUT2D eigenvalue weighted by atomic mass is 10.2. The molecule has 2 rings (SSSR count). The van der Waals surface area contributed by atoms with Gasteiger partial charge in [-0.1, -0.05) is 17.7 Å². The highest BCUT2D eigenvalue weighted by Crippen LogP contribution is 2.06. The molecule has 3 amide bonds. The lowest BCUT2D eigenvalue weighted by Crippen LogP contribution is -2.50. The summed E-state index contributed by atoms with van der Waals surface area (Å²) in [6, 6.07) is -0.194. The number of rotatable bonds is 6. The molecule has 1 aliphatic heterocycles. The van der Waals surface area contributed by atoms with Crippen LogP contribution in [0.3, 0.4) is 0 Å². The molecule has 0 spiro atoms. The summed E-state index contributed by atoms with van der Waals surface area (Å²) in [4.78, 5) is 49.1. The summed E-state index contributed by atoms with van der Waals surface area (Å²) in [7, 11) is 1.35. The van der Waals surface area contributed by atoms with Gasteiger partial charge in [-0.05, 0) is 33.6 Å². The lowest BCUT2D eigenvalue weighted by molar-refractivity contribution is 0.0699. The van der Waals surface area contributed by atoms with E-state index in [9.17, 15) is 14.4 Å². The Morgan fingerprint density at radius 1 is 1.21 bits per heavy atom. The first kappa shape index (κ1) is 28.6. The summed E-state index contributed by atoms with van der Waals surface area (Å²) < 4.78 is 9.44. The third-order valence-electron chi connectivity index (χ3n) is 4.45. The molecule has 0 radical (unpaired) electrons. The minimum absolute atomic E-state index is 0.194. The van der Waals surface area contributed by atoms with Crippen molar-refractivity contribution in [3.05, 3.63) is 47.2 Å². The van der Waals surface area contributed by atoms with E-state index in [1.807, 2.05) is 6.92 Å². The summed E-state index contributed by atoms with van der Waals surface area (Å²) in [5.74, 6) is -0.273. The molecular weight excluding hydrogens is 464 g/mol. The van der Waals surface area contributed by atoms with Crippen LogP contribution >= 0.6 is 11.6 Å². The second-order valence-corrected chi connectivity index (χ2v) is 7.39. The van der Waals surface area contributed by atoms with Gasteiger partial charge in [0.05, 0.1) is 24.4 Å². The molecule has 34 heavy (non-hydrogen) atoms. The van der Waals surface area contributed by atoms with Gasteiger partial charge in [-0.2, -0.15) is 0 Å². The van der Waals surface area contributed by atoms with Crippen molar-refractivity contribution in [1.29, 1.82) is 0 Å². The maximum absolute atomic E-state index is 11.9. The number of carbonyl (C=O) groups is 3. The Bertz CT molecular complexity index is 900. The standard InChI is InChI=1S/C13H15ClN4O.C9H16N2O4/c1-9(4-5-11(14)8-15-3)18-13(19)12-10(2)16-6-7-17-12;1-3-15-9(13)11-6-4-10(5-7-11)8(12)14-2/h4-9H,3H2,1-2H3,(H,18,19);3-7H2,1-2H3/b5-4-,11-8+;. The van der Waals surface area contributed by atoms with Crippen molar-refractivity contribution >= 4 is 36.4 Å². The molecule has 11 nitrogen and oxygen atoms in total. The maximum Gasteiger partial charge on any atom is 0.409 e. The number of nitrogens with zero attached hydrogens (tertiary/aromatic N) is 5. The average Bonchev–Trinajstić information content (AvgIpc) is 2.83.